The summed E-state index contributed by atoms with van der Waals surface area (Å²) in [5, 5.41) is 2.98. The van der Waals surface area contributed by atoms with Gasteiger partial charge >= 0.3 is 0 Å². The van der Waals surface area contributed by atoms with E-state index in [1.54, 1.807) is 0 Å². The van der Waals surface area contributed by atoms with Crippen molar-refractivity contribution >= 4 is 5.91 Å². The summed E-state index contributed by atoms with van der Waals surface area (Å²) >= 11 is 0. The lowest BCUT2D eigenvalue weighted by atomic mass is 10.00. The van der Waals surface area contributed by atoms with Gasteiger partial charge < -0.3 is 11.1 Å². The van der Waals surface area contributed by atoms with Gasteiger partial charge in [-0.15, -0.1) is 0 Å². The van der Waals surface area contributed by atoms with E-state index in [9.17, 15) is 4.79 Å². The fourth-order valence-electron chi connectivity index (χ4n) is 1.52. The molecular formula is C11H20N2O. The fraction of sp³-hybridized carbons (Fsp3) is 0.727. The van der Waals surface area contributed by atoms with Gasteiger partial charge in [0.2, 0.25) is 5.91 Å². The van der Waals surface area contributed by atoms with E-state index < -0.39 is 0 Å². The first-order valence-corrected chi connectivity index (χ1v) is 5.32. The number of hydrogen-bond donors (Lipinski definition) is 2. The Kier molecular flexibility index (Phi) is 4.14. The zero-order valence-corrected chi connectivity index (χ0v) is 8.99. The zero-order chi connectivity index (χ0) is 10.6. The molecule has 2 atom stereocenters. The molecule has 3 nitrogen and oxygen atoms in total. The minimum atomic E-state index is -0.374. The first-order valence-electron chi connectivity index (χ1n) is 5.32. The summed E-state index contributed by atoms with van der Waals surface area (Å²) in [6, 6.07) is -0.0850. The molecule has 1 aliphatic rings. The molecule has 0 aromatic rings. The number of nitrogens with two attached hydrogens (primary N) is 1. The van der Waals surface area contributed by atoms with Crippen molar-refractivity contribution in [2.45, 2.75) is 45.2 Å². The highest BCUT2D eigenvalue weighted by Crippen LogP contribution is 2.11. The quantitative estimate of drug-likeness (QED) is 0.666. The molecule has 0 radical (unpaired) electrons. The van der Waals surface area contributed by atoms with Crippen molar-refractivity contribution in [2.24, 2.45) is 11.7 Å². The van der Waals surface area contributed by atoms with E-state index in [0.29, 0.717) is 0 Å². The predicted molar refractivity (Wildman–Crippen MR) is 57.7 cm³/mol. The van der Waals surface area contributed by atoms with Crippen LogP contribution in [0.15, 0.2) is 12.2 Å². The van der Waals surface area contributed by atoms with Crippen LogP contribution in [0.1, 0.15) is 33.1 Å². The van der Waals surface area contributed by atoms with Crippen LogP contribution in [0.3, 0.4) is 0 Å². The van der Waals surface area contributed by atoms with E-state index in [-0.39, 0.29) is 23.9 Å². The van der Waals surface area contributed by atoms with Gasteiger partial charge in [0, 0.05) is 6.04 Å². The molecule has 3 N–H and O–H groups in total. The van der Waals surface area contributed by atoms with Gasteiger partial charge in [-0.05, 0) is 25.2 Å². The number of rotatable bonds is 3. The van der Waals surface area contributed by atoms with E-state index in [4.69, 9.17) is 5.73 Å². The normalized spacial score (nSPS) is 23.6. The third-order valence-corrected chi connectivity index (χ3v) is 2.64. The Balaban J connectivity index is 2.36. The molecule has 0 aromatic carbocycles. The zero-order valence-electron chi connectivity index (χ0n) is 8.99. The van der Waals surface area contributed by atoms with Gasteiger partial charge in [-0.25, -0.2) is 0 Å². The average molecular weight is 196 g/mol. The van der Waals surface area contributed by atoms with Gasteiger partial charge in [0.25, 0.3) is 0 Å². The predicted octanol–water partition coefficient (Wildman–Crippen LogP) is 1.19. The Morgan fingerprint density at radius 1 is 1.50 bits per heavy atom. The molecule has 0 aromatic heterocycles. The summed E-state index contributed by atoms with van der Waals surface area (Å²) < 4.78 is 0. The van der Waals surface area contributed by atoms with Gasteiger partial charge in [-0.2, -0.15) is 0 Å². The highest BCUT2D eigenvalue weighted by molar-refractivity contribution is 5.82. The first-order chi connectivity index (χ1) is 6.61. The lowest BCUT2D eigenvalue weighted by molar-refractivity contribution is -0.124. The van der Waals surface area contributed by atoms with E-state index in [1.807, 2.05) is 13.8 Å². The van der Waals surface area contributed by atoms with Crippen molar-refractivity contribution in [1.82, 2.24) is 5.32 Å². The van der Waals surface area contributed by atoms with Crippen molar-refractivity contribution in [1.29, 1.82) is 0 Å². The van der Waals surface area contributed by atoms with Crippen LogP contribution >= 0.6 is 0 Å². The molecule has 0 heterocycles. The Hall–Kier alpha value is -0.830. The van der Waals surface area contributed by atoms with Crippen LogP contribution in [0.25, 0.3) is 0 Å². The number of hydrogen-bond acceptors (Lipinski definition) is 2. The summed E-state index contributed by atoms with van der Waals surface area (Å²) in [5.41, 5.74) is 5.75. The number of amides is 1. The summed E-state index contributed by atoms with van der Waals surface area (Å²) in [7, 11) is 0. The molecule has 3 heteroatoms. The lowest BCUT2D eigenvalue weighted by Crippen LogP contribution is -2.47. The van der Waals surface area contributed by atoms with Gasteiger partial charge in [0.15, 0.2) is 0 Å². The second kappa shape index (κ2) is 5.15. The average Bonchev–Trinajstić information content (AvgIpc) is 2.18. The molecule has 0 bridgehead atoms. The summed E-state index contributed by atoms with van der Waals surface area (Å²) in [5.74, 6) is 0.189. The van der Waals surface area contributed by atoms with Crippen molar-refractivity contribution in [3.8, 4) is 0 Å². The molecule has 14 heavy (non-hydrogen) atoms. The standard InChI is InChI=1S/C11H20N2O/c1-8(2)10(12)11(14)13-9-6-4-3-5-7-9/h3-4,8-10H,5-7,12H2,1-2H3,(H,13,14). The van der Waals surface area contributed by atoms with E-state index in [0.717, 1.165) is 19.3 Å². The Morgan fingerprint density at radius 3 is 2.71 bits per heavy atom. The Morgan fingerprint density at radius 2 is 2.21 bits per heavy atom. The topological polar surface area (TPSA) is 55.1 Å². The molecule has 1 aliphatic carbocycles. The molecule has 0 fully saturated rings. The number of nitrogens with one attached hydrogen (secondary N) is 1. The van der Waals surface area contributed by atoms with Crippen LogP contribution in [-0.4, -0.2) is 18.0 Å². The molecular weight excluding hydrogens is 176 g/mol. The van der Waals surface area contributed by atoms with Crippen molar-refractivity contribution in [3.05, 3.63) is 12.2 Å². The summed E-state index contributed by atoms with van der Waals surface area (Å²) in [4.78, 5) is 11.6. The molecule has 1 rings (SSSR count). The lowest BCUT2D eigenvalue weighted by Gasteiger charge is -2.23. The van der Waals surface area contributed by atoms with Gasteiger partial charge in [-0.3, -0.25) is 4.79 Å². The van der Waals surface area contributed by atoms with Crippen molar-refractivity contribution < 1.29 is 4.79 Å². The molecule has 0 spiro atoms. The monoisotopic (exact) mass is 196 g/mol. The minimum absolute atomic E-state index is 0.0136. The van der Waals surface area contributed by atoms with E-state index in [2.05, 4.69) is 17.5 Å². The minimum Gasteiger partial charge on any atom is -0.352 e. The van der Waals surface area contributed by atoms with Crippen LogP contribution in [-0.2, 0) is 4.79 Å². The van der Waals surface area contributed by atoms with E-state index >= 15 is 0 Å². The summed E-state index contributed by atoms with van der Waals surface area (Å²) in [6.45, 7) is 3.93. The SMILES string of the molecule is CC(C)C(N)C(=O)NC1CC=CCC1. The maximum atomic E-state index is 11.6. The van der Waals surface area contributed by atoms with Crippen LogP contribution in [0.4, 0.5) is 0 Å². The van der Waals surface area contributed by atoms with E-state index in [1.165, 1.54) is 0 Å². The Bertz CT molecular complexity index is 223. The molecule has 0 saturated heterocycles. The molecule has 80 valence electrons. The summed E-state index contributed by atoms with van der Waals surface area (Å²) in [6.07, 6.45) is 7.31. The maximum Gasteiger partial charge on any atom is 0.237 e. The smallest absolute Gasteiger partial charge is 0.237 e. The maximum absolute atomic E-state index is 11.6. The number of carbonyl (C=O) groups is 1. The van der Waals surface area contributed by atoms with Crippen LogP contribution in [0, 0.1) is 5.92 Å². The molecule has 0 saturated carbocycles. The molecule has 2 unspecified atom stereocenters. The number of carbonyl (C=O) groups excluding carboxylic acids is 1. The second-order valence-electron chi connectivity index (χ2n) is 4.26. The van der Waals surface area contributed by atoms with Crippen molar-refractivity contribution in [3.63, 3.8) is 0 Å². The largest absolute Gasteiger partial charge is 0.352 e. The Labute approximate surface area is 85.7 Å². The van der Waals surface area contributed by atoms with Crippen LogP contribution < -0.4 is 11.1 Å². The third kappa shape index (κ3) is 3.14. The third-order valence-electron chi connectivity index (χ3n) is 2.64. The highest BCUT2D eigenvalue weighted by atomic mass is 16.2. The van der Waals surface area contributed by atoms with Crippen LogP contribution in [0.2, 0.25) is 0 Å². The molecule has 0 aliphatic heterocycles. The molecule has 1 amide bonds. The van der Waals surface area contributed by atoms with Gasteiger partial charge in [0.05, 0.1) is 6.04 Å². The van der Waals surface area contributed by atoms with Crippen LogP contribution in [0.5, 0.6) is 0 Å². The fourth-order valence-corrected chi connectivity index (χ4v) is 1.52. The number of allylic oxidation sites excluding steroid dienone is 1. The first kappa shape index (κ1) is 11.2. The second-order valence-corrected chi connectivity index (χ2v) is 4.26. The van der Waals surface area contributed by atoms with Gasteiger partial charge in [-0.1, -0.05) is 26.0 Å². The highest BCUT2D eigenvalue weighted by Gasteiger charge is 2.20. The van der Waals surface area contributed by atoms with Crippen molar-refractivity contribution in [2.75, 3.05) is 0 Å². The van der Waals surface area contributed by atoms with Gasteiger partial charge in [0.1, 0.15) is 0 Å².